The highest BCUT2D eigenvalue weighted by Crippen LogP contribution is 2.28. The summed E-state index contributed by atoms with van der Waals surface area (Å²) in [7, 11) is 1.93. The van der Waals surface area contributed by atoms with Gasteiger partial charge in [-0.3, -0.25) is 4.68 Å². The molecule has 0 fully saturated rings. The van der Waals surface area contributed by atoms with E-state index < -0.39 is 0 Å². The maximum atomic E-state index is 4.60. The molecule has 3 rings (SSSR count). The lowest BCUT2D eigenvalue weighted by atomic mass is 10.2. The standard InChI is InChI=1S/C13H18N6S/c1-9(5-8-19-7-4-6-14-19)15-13-16-12-11(20-13)10(2)17-18(12)3/h4,6-7,9H,5,8H2,1-3H3,(H,15,16). The van der Waals surface area contributed by atoms with Crippen molar-refractivity contribution in [3.05, 3.63) is 24.2 Å². The molecule has 3 aromatic rings. The largest absolute Gasteiger partial charge is 0.359 e. The minimum absolute atomic E-state index is 0.355. The van der Waals surface area contributed by atoms with Gasteiger partial charge in [-0.05, 0) is 26.3 Å². The number of nitrogens with zero attached hydrogens (tertiary/aromatic N) is 5. The lowest BCUT2D eigenvalue weighted by molar-refractivity contribution is 0.545. The fourth-order valence-corrected chi connectivity index (χ4v) is 3.23. The highest BCUT2D eigenvalue weighted by molar-refractivity contribution is 7.22. The smallest absolute Gasteiger partial charge is 0.185 e. The molecule has 3 aromatic heterocycles. The molecule has 0 radical (unpaired) electrons. The number of hydrogen-bond acceptors (Lipinski definition) is 5. The van der Waals surface area contributed by atoms with Crippen LogP contribution < -0.4 is 5.32 Å². The number of thiazole rings is 1. The van der Waals surface area contributed by atoms with Crippen molar-refractivity contribution in [1.82, 2.24) is 24.5 Å². The molecule has 20 heavy (non-hydrogen) atoms. The lowest BCUT2D eigenvalue weighted by Crippen LogP contribution is -2.17. The van der Waals surface area contributed by atoms with Crippen LogP contribution in [0.15, 0.2) is 18.5 Å². The van der Waals surface area contributed by atoms with Crippen molar-refractivity contribution in [3.63, 3.8) is 0 Å². The summed E-state index contributed by atoms with van der Waals surface area (Å²) in [6.07, 6.45) is 4.80. The quantitative estimate of drug-likeness (QED) is 0.784. The van der Waals surface area contributed by atoms with E-state index in [4.69, 9.17) is 0 Å². The summed E-state index contributed by atoms with van der Waals surface area (Å²) >= 11 is 1.67. The zero-order chi connectivity index (χ0) is 14.1. The van der Waals surface area contributed by atoms with E-state index in [0.717, 1.165) is 34.1 Å². The predicted molar refractivity (Wildman–Crippen MR) is 81.1 cm³/mol. The van der Waals surface area contributed by atoms with Crippen LogP contribution in [-0.4, -0.2) is 30.6 Å². The van der Waals surface area contributed by atoms with Gasteiger partial charge in [-0.15, -0.1) is 0 Å². The Balaban J connectivity index is 1.65. The zero-order valence-electron chi connectivity index (χ0n) is 11.9. The first-order chi connectivity index (χ1) is 9.63. The number of nitrogens with one attached hydrogen (secondary N) is 1. The van der Waals surface area contributed by atoms with E-state index in [2.05, 4.69) is 27.4 Å². The van der Waals surface area contributed by atoms with Crippen molar-refractivity contribution in [2.45, 2.75) is 32.9 Å². The molecule has 0 saturated heterocycles. The summed E-state index contributed by atoms with van der Waals surface area (Å²) in [6, 6.07) is 2.30. The first-order valence-electron chi connectivity index (χ1n) is 6.67. The third-order valence-electron chi connectivity index (χ3n) is 3.26. The van der Waals surface area contributed by atoms with Gasteiger partial charge in [0, 0.05) is 32.0 Å². The Morgan fingerprint density at radius 1 is 1.45 bits per heavy atom. The van der Waals surface area contributed by atoms with Gasteiger partial charge in [0.2, 0.25) is 0 Å². The van der Waals surface area contributed by atoms with Crippen molar-refractivity contribution in [3.8, 4) is 0 Å². The molecule has 0 spiro atoms. The third-order valence-corrected chi connectivity index (χ3v) is 4.35. The van der Waals surface area contributed by atoms with E-state index in [1.165, 1.54) is 0 Å². The van der Waals surface area contributed by atoms with Gasteiger partial charge < -0.3 is 5.32 Å². The fraction of sp³-hybridized carbons (Fsp3) is 0.462. The highest BCUT2D eigenvalue weighted by atomic mass is 32.1. The van der Waals surface area contributed by atoms with Gasteiger partial charge in [-0.1, -0.05) is 11.3 Å². The molecule has 7 heteroatoms. The second-order valence-corrected chi connectivity index (χ2v) is 5.98. The Kier molecular flexibility index (Phi) is 3.43. The number of aromatic nitrogens is 5. The van der Waals surface area contributed by atoms with Gasteiger partial charge in [0.1, 0.15) is 0 Å². The Labute approximate surface area is 121 Å². The van der Waals surface area contributed by atoms with Crippen LogP contribution in [0.2, 0.25) is 0 Å². The molecular formula is C13H18N6S. The molecule has 0 saturated carbocycles. The van der Waals surface area contributed by atoms with Gasteiger partial charge in [0.05, 0.1) is 10.4 Å². The normalized spacial score (nSPS) is 12.9. The summed E-state index contributed by atoms with van der Waals surface area (Å²) < 4.78 is 4.94. The van der Waals surface area contributed by atoms with Gasteiger partial charge in [0.25, 0.3) is 0 Å². The molecular weight excluding hydrogens is 272 g/mol. The number of aryl methyl sites for hydroxylation is 3. The van der Waals surface area contributed by atoms with Crippen molar-refractivity contribution >= 4 is 26.8 Å². The average molecular weight is 290 g/mol. The Morgan fingerprint density at radius 2 is 2.30 bits per heavy atom. The second kappa shape index (κ2) is 5.24. The van der Waals surface area contributed by atoms with Crippen LogP contribution in [0.5, 0.6) is 0 Å². The minimum atomic E-state index is 0.355. The summed E-state index contributed by atoms with van der Waals surface area (Å²) in [5.41, 5.74) is 1.99. The van der Waals surface area contributed by atoms with Gasteiger partial charge in [0.15, 0.2) is 10.8 Å². The van der Waals surface area contributed by atoms with Crippen LogP contribution in [0.4, 0.5) is 5.13 Å². The first kappa shape index (κ1) is 13.1. The van der Waals surface area contributed by atoms with E-state index >= 15 is 0 Å². The summed E-state index contributed by atoms with van der Waals surface area (Å²) in [6.45, 7) is 5.10. The number of anilines is 1. The molecule has 0 bridgehead atoms. The van der Waals surface area contributed by atoms with Crippen molar-refractivity contribution < 1.29 is 0 Å². The maximum Gasteiger partial charge on any atom is 0.185 e. The van der Waals surface area contributed by atoms with Crippen LogP contribution in [0.25, 0.3) is 10.3 Å². The van der Waals surface area contributed by atoms with Crippen molar-refractivity contribution in [2.75, 3.05) is 5.32 Å². The highest BCUT2D eigenvalue weighted by Gasteiger charge is 2.13. The number of fused-ring (bicyclic) bond motifs is 1. The van der Waals surface area contributed by atoms with Gasteiger partial charge in [-0.2, -0.15) is 10.2 Å². The molecule has 1 atom stereocenters. The fourth-order valence-electron chi connectivity index (χ4n) is 2.19. The topological polar surface area (TPSA) is 60.6 Å². The molecule has 1 unspecified atom stereocenters. The molecule has 0 aliphatic rings. The number of hydrogen-bond donors (Lipinski definition) is 1. The Morgan fingerprint density at radius 3 is 3.00 bits per heavy atom. The van der Waals surface area contributed by atoms with Crippen LogP contribution >= 0.6 is 11.3 Å². The molecule has 0 aromatic carbocycles. The van der Waals surface area contributed by atoms with Gasteiger partial charge >= 0.3 is 0 Å². The summed E-state index contributed by atoms with van der Waals surface area (Å²) in [4.78, 5) is 4.60. The predicted octanol–water partition coefficient (Wildman–Crippen LogP) is 2.43. The van der Waals surface area contributed by atoms with Gasteiger partial charge in [-0.25, -0.2) is 9.67 Å². The van der Waals surface area contributed by atoms with Crippen molar-refractivity contribution in [1.29, 1.82) is 0 Å². The molecule has 0 aliphatic carbocycles. The minimum Gasteiger partial charge on any atom is -0.359 e. The van der Waals surface area contributed by atoms with Crippen LogP contribution in [0.3, 0.4) is 0 Å². The SMILES string of the molecule is Cc1nn(C)c2nc(NC(C)CCn3cccn3)sc12. The van der Waals surface area contributed by atoms with E-state index in [-0.39, 0.29) is 0 Å². The van der Waals surface area contributed by atoms with E-state index in [1.54, 1.807) is 17.5 Å². The number of rotatable bonds is 5. The third kappa shape index (κ3) is 2.53. The molecule has 3 heterocycles. The lowest BCUT2D eigenvalue weighted by Gasteiger charge is -2.12. The summed E-state index contributed by atoms with van der Waals surface area (Å²) in [5, 5.41) is 13.0. The zero-order valence-corrected chi connectivity index (χ0v) is 12.7. The van der Waals surface area contributed by atoms with E-state index in [0.29, 0.717) is 6.04 Å². The maximum absolute atomic E-state index is 4.60. The summed E-state index contributed by atoms with van der Waals surface area (Å²) in [5.74, 6) is 0. The van der Waals surface area contributed by atoms with E-state index in [9.17, 15) is 0 Å². The van der Waals surface area contributed by atoms with Crippen LogP contribution in [0, 0.1) is 6.92 Å². The monoisotopic (exact) mass is 290 g/mol. The van der Waals surface area contributed by atoms with Crippen molar-refractivity contribution in [2.24, 2.45) is 7.05 Å². The molecule has 106 valence electrons. The first-order valence-corrected chi connectivity index (χ1v) is 7.49. The molecule has 6 nitrogen and oxygen atoms in total. The average Bonchev–Trinajstić information content (AvgIpc) is 3.08. The van der Waals surface area contributed by atoms with Crippen LogP contribution in [-0.2, 0) is 13.6 Å². The molecule has 0 amide bonds. The Hall–Kier alpha value is -1.89. The second-order valence-electron chi connectivity index (χ2n) is 4.98. The molecule has 0 aliphatic heterocycles. The Bertz CT molecular complexity index is 661. The van der Waals surface area contributed by atoms with Crippen LogP contribution in [0.1, 0.15) is 19.0 Å². The molecule has 1 N–H and O–H groups in total. The van der Waals surface area contributed by atoms with E-state index in [1.807, 2.05) is 35.6 Å².